The van der Waals surface area contributed by atoms with Gasteiger partial charge in [0, 0.05) is 17.9 Å². The van der Waals surface area contributed by atoms with Crippen molar-refractivity contribution in [2.45, 2.75) is 13.3 Å². The number of amides is 2. The van der Waals surface area contributed by atoms with Gasteiger partial charge in [-0.15, -0.1) is 0 Å². The van der Waals surface area contributed by atoms with Crippen LogP contribution in [-0.2, 0) is 11.2 Å². The second-order valence-corrected chi connectivity index (χ2v) is 6.19. The minimum atomic E-state index is -0.676. The van der Waals surface area contributed by atoms with E-state index in [0.717, 1.165) is 33.6 Å². The fourth-order valence-corrected chi connectivity index (χ4v) is 3.22. The summed E-state index contributed by atoms with van der Waals surface area (Å²) in [5.74, 6) is -1.79. The molecule has 4 nitrogen and oxygen atoms in total. The van der Waals surface area contributed by atoms with Crippen molar-refractivity contribution in [1.29, 1.82) is 0 Å². The van der Waals surface area contributed by atoms with E-state index >= 15 is 0 Å². The van der Waals surface area contributed by atoms with E-state index in [2.05, 4.69) is 21.2 Å². The molecule has 0 unspecified atom stereocenters. The smallest absolute Gasteiger partial charge is 0.268 e. The summed E-state index contributed by atoms with van der Waals surface area (Å²) in [5.41, 5.74) is 2.07. The van der Waals surface area contributed by atoms with Crippen LogP contribution in [-0.4, -0.2) is 18.4 Å². The van der Waals surface area contributed by atoms with Crippen molar-refractivity contribution >= 4 is 39.1 Å². The molecule has 2 aromatic rings. The van der Waals surface area contributed by atoms with E-state index in [-0.39, 0.29) is 5.56 Å². The molecule has 0 bridgehead atoms. The number of benzene rings is 2. The van der Waals surface area contributed by atoms with Gasteiger partial charge in [0.05, 0.1) is 16.9 Å². The van der Waals surface area contributed by atoms with Gasteiger partial charge in [0.2, 0.25) is 5.91 Å². The van der Waals surface area contributed by atoms with Gasteiger partial charge in [0.15, 0.2) is 0 Å². The highest BCUT2D eigenvalue weighted by atomic mass is 79.9. The van der Waals surface area contributed by atoms with Crippen molar-refractivity contribution in [3.63, 3.8) is 0 Å². The summed E-state index contributed by atoms with van der Waals surface area (Å²) < 4.78 is 14.7. The van der Waals surface area contributed by atoms with Crippen LogP contribution < -0.4 is 10.2 Å². The number of hydrogen-bond donors (Lipinski definition) is 1. The molecule has 1 aliphatic heterocycles. The molecule has 118 valence electrons. The van der Waals surface area contributed by atoms with Gasteiger partial charge in [-0.1, -0.05) is 28.1 Å². The van der Waals surface area contributed by atoms with Crippen LogP contribution in [0.4, 0.5) is 15.8 Å². The number of carbonyl (C=O) groups excluding carboxylic acids is 2. The number of imide groups is 1. The maximum atomic E-state index is 13.9. The third-order valence-electron chi connectivity index (χ3n) is 3.72. The Morgan fingerprint density at radius 1 is 1.26 bits per heavy atom. The molecule has 1 N–H and O–H groups in total. The molecule has 0 fully saturated rings. The lowest BCUT2D eigenvalue weighted by Crippen LogP contribution is -2.36. The summed E-state index contributed by atoms with van der Waals surface area (Å²) in [6, 6.07) is 9.29. The van der Waals surface area contributed by atoms with E-state index < -0.39 is 17.6 Å². The summed E-state index contributed by atoms with van der Waals surface area (Å²) in [6.07, 6.45) is 0.807. The van der Waals surface area contributed by atoms with Gasteiger partial charge in [0.25, 0.3) is 5.91 Å². The predicted molar refractivity (Wildman–Crippen MR) is 90.2 cm³/mol. The SMILES string of the molecule is CC(=O)N(C(=O)c1ccccc1F)c1cc(Br)cc2c1NCC2. The molecule has 0 saturated heterocycles. The number of hydrogen-bond acceptors (Lipinski definition) is 3. The first kappa shape index (κ1) is 15.7. The van der Waals surface area contributed by atoms with Gasteiger partial charge < -0.3 is 5.32 Å². The summed E-state index contributed by atoms with van der Waals surface area (Å²) in [6.45, 7) is 2.03. The van der Waals surface area contributed by atoms with Gasteiger partial charge in [-0.05, 0) is 36.2 Å². The van der Waals surface area contributed by atoms with Crippen LogP contribution in [0.5, 0.6) is 0 Å². The quantitative estimate of drug-likeness (QED) is 0.868. The Hall–Kier alpha value is -2.21. The van der Waals surface area contributed by atoms with Crippen molar-refractivity contribution in [3.8, 4) is 0 Å². The highest BCUT2D eigenvalue weighted by Crippen LogP contribution is 2.37. The number of anilines is 2. The van der Waals surface area contributed by atoms with Crippen LogP contribution in [0.1, 0.15) is 22.8 Å². The lowest BCUT2D eigenvalue weighted by Gasteiger charge is -2.22. The van der Waals surface area contributed by atoms with Crippen molar-refractivity contribution < 1.29 is 14.0 Å². The molecule has 3 rings (SSSR count). The monoisotopic (exact) mass is 376 g/mol. The number of halogens is 2. The predicted octanol–water partition coefficient (Wildman–Crippen LogP) is 3.75. The lowest BCUT2D eigenvalue weighted by atomic mass is 10.1. The Bertz CT molecular complexity index is 807. The largest absolute Gasteiger partial charge is 0.383 e. The Labute approximate surface area is 141 Å². The van der Waals surface area contributed by atoms with E-state index in [0.29, 0.717) is 5.69 Å². The standard InChI is InChI=1S/C17H14BrFN2O2/c1-10(22)21(17(23)13-4-2-3-5-14(13)19)15-9-12(18)8-11-6-7-20-16(11)15/h2-5,8-9,20H,6-7H2,1H3. The molecule has 0 radical (unpaired) electrons. The fraction of sp³-hybridized carbons (Fsp3) is 0.176. The Morgan fingerprint density at radius 2 is 2.00 bits per heavy atom. The minimum Gasteiger partial charge on any atom is -0.383 e. The Balaban J connectivity index is 2.13. The third kappa shape index (κ3) is 2.86. The van der Waals surface area contributed by atoms with Crippen molar-refractivity contribution in [3.05, 3.63) is 57.8 Å². The van der Waals surface area contributed by atoms with Gasteiger partial charge in [-0.2, -0.15) is 0 Å². The van der Waals surface area contributed by atoms with Crippen molar-refractivity contribution in [2.24, 2.45) is 0 Å². The molecule has 0 atom stereocenters. The van der Waals surface area contributed by atoms with Crippen molar-refractivity contribution in [2.75, 3.05) is 16.8 Å². The van der Waals surface area contributed by atoms with E-state index in [1.807, 2.05) is 6.07 Å². The third-order valence-corrected chi connectivity index (χ3v) is 4.18. The number of nitrogens with zero attached hydrogens (tertiary/aromatic N) is 1. The Morgan fingerprint density at radius 3 is 2.70 bits per heavy atom. The molecule has 2 amide bonds. The maximum Gasteiger partial charge on any atom is 0.268 e. The average molecular weight is 377 g/mol. The van der Waals surface area contributed by atoms with Crippen LogP contribution in [0.15, 0.2) is 40.9 Å². The lowest BCUT2D eigenvalue weighted by molar-refractivity contribution is -0.115. The highest BCUT2D eigenvalue weighted by Gasteiger charge is 2.28. The molecule has 1 aliphatic rings. The van der Waals surface area contributed by atoms with Crippen LogP contribution in [0.3, 0.4) is 0 Å². The Kier molecular flexibility index (Phi) is 4.17. The molecule has 0 aliphatic carbocycles. The number of rotatable bonds is 2. The molecule has 0 spiro atoms. The topological polar surface area (TPSA) is 49.4 Å². The molecular formula is C17H14BrFN2O2. The molecule has 23 heavy (non-hydrogen) atoms. The first-order chi connectivity index (χ1) is 11.0. The zero-order valence-corrected chi connectivity index (χ0v) is 14.0. The van der Waals surface area contributed by atoms with Crippen LogP contribution in [0, 0.1) is 5.82 Å². The highest BCUT2D eigenvalue weighted by molar-refractivity contribution is 9.10. The fourth-order valence-electron chi connectivity index (χ4n) is 2.72. The van der Waals surface area contributed by atoms with Gasteiger partial charge in [-0.3, -0.25) is 9.59 Å². The zero-order chi connectivity index (χ0) is 16.6. The van der Waals surface area contributed by atoms with Crippen LogP contribution in [0.25, 0.3) is 0 Å². The van der Waals surface area contributed by atoms with Gasteiger partial charge >= 0.3 is 0 Å². The van der Waals surface area contributed by atoms with E-state index in [4.69, 9.17) is 0 Å². The van der Waals surface area contributed by atoms with E-state index in [1.54, 1.807) is 12.1 Å². The first-order valence-electron chi connectivity index (χ1n) is 7.15. The van der Waals surface area contributed by atoms with Crippen LogP contribution in [0.2, 0.25) is 0 Å². The van der Waals surface area contributed by atoms with Crippen molar-refractivity contribution in [1.82, 2.24) is 0 Å². The normalized spacial score (nSPS) is 12.5. The molecular weight excluding hydrogens is 363 g/mol. The summed E-state index contributed by atoms with van der Waals surface area (Å²) in [5, 5.41) is 3.19. The average Bonchev–Trinajstić information content (AvgIpc) is 2.95. The molecule has 2 aromatic carbocycles. The second-order valence-electron chi connectivity index (χ2n) is 5.28. The zero-order valence-electron chi connectivity index (χ0n) is 12.4. The summed E-state index contributed by atoms with van der Waals surface area (Å²) >= 11 is 3.40. The molecule has 6 heteroatoms. The second kappa shape index (κ2) is 6.12. The van der Waals surface area contributed by atoms with Gasteiger partial charge in [-0.25, -0.2) is 9.29 Å². The van der Waals surface area contributed by atoms with Gasteiger partial charge in [0.1, 0.15) is 5.82 Å². The van der Waals surface area contributed by atoms with Crippen LogP contribution >= 0.6 is 15.9 Å². The summed E-state index contributed by atoms with van der Waals surface area (Å²) in [7, 11) is 0. The minimum absolute atomic E-state index is 0.130. The molecule has 0 saturated carbocycles. The summed E-state index contributed by atoms with van der Waals surface area (Å²) in [4.78, 5) is 25.9. The van der Waals surface area contributed by atoms with E-state index in [9.17, 15) is 14.0 Å². The number of carbonyl (C=O) groups is 2. The molecule has 1 heterocycles. The maximum absolute atomic E-state index is 13.9. The first-order valence-corrected chi connectivity index (χ1v) is 7.94. The number of nitrogens with one attached hydrogen (secondary N) is 1. The molecule has 0 aromatic heterocycles. The van der Waals surface area contributed by atoms with E-state index in [1.165, 1.54) is 25.1 Å². The number of fused-ring (bicyclic) bond motifs is 1.